The number of carbonyl (C=O) groups excluding carboxylic acids is 1. The van der Waals surface area contributed by atoms with Gasteiger partial charge >= 0.3 is 74.5 Å². The monoisotopic (exact) mass is 334 g/mol. The molecule has 0 aromatic heterocycles. The first-order chi connectivity index (χ1) is 8.64. The third-order valence-electron chi connectivity index (χ3n) is 1.87. The molecule has 1 N–H and O–H groups in total. The van der Waals surface area contributed by atoms with Gasteiger partial charge in [-0.2, -0.15) is 8.42 Å². The Morgan fingerprint density at radius 3 is 1.81 bits per heavy atom. The van der Waals surface area contributed by atoms with Crippen LogP contribution in [-0.2, 0) is 14.8 Å². The third kappa shape index (κ3) is 13.9. The molecule has 106 valence electrons. The van der Waals surface area contributed by atoms with E-state index < -0.39 is 22.7 Å². The number of rotatable bonds is 2. The van der Waals surface area contributed by atoms with E-state index in [0.717, 1.165) is 0 Å². The molecule has 0 saturated carbocycles. The van der Waals surface area contributed by atoms with Gasteiger partial charge in [0.05, 0.1) is 0 Å². The summed E-state index contributed by atoms with van der Waals surface area (Å²) in [6.07, 6.45) is 0. The summed E-state index contributed by atoms with van der Waals surface area (Å²) in [5.41, 5.74) is 1.41. The second-order valence-electron chi connectivity index (χ2n) is 3.70. The van der Waals surface area contributed by atoms with E-state index in [1.807, 2.05) is 6.07 Å². The van der Waals surface area contributed by atoms with E-state index in [4.69, 9.17) is 4.55 Å². The predicted molar refractivity (Wildman–Crippen MR) is 64.3 cm³/mol. The molecule has 1 aromatic rings. The Balaban J connectivity index is -0.000000282. The van der Waals surface area contributed by atoms with Crippen LogP contribution in [0.15, 0.2) is 30.3 Å². The molecule has 11 heteroatoms. The Kier molecular flexibility index (Phi) is 16.5. The van der Waals surface area contributed by atoms with Crippen LogP contribution in [-0.4, -0.2) is 25.6 Å². The Morgan fingerprint density at radius 1 is 1.19 bits per heavy atom. The second-order valence-corrected chi connectivity index (χ2v) is 4.98. The van der Waals surface area contributed by atoms with E-state index in [1.54, 1.807) is 0 Å². The van der Waals surface area contributed by atoms with E-state index in [0.29, 0.717) is 5.92 Å². The molecule has 0 fully saturated rings. The summed E-state index contributed by atoms with van der Waals surface area (Å²) in [5.74, 6) is 0.659. The molecule has 1 aromatic carbocycles. The van der Waals surface area contributed by atoms with Crippen LogP contribution in [0.5, 0.6) is 0 Å². The van der Waals surface area contributed by atoms with E-state index in [1.165, 1.54) is 5.56 Å². The zero-order chi connectivity index (χ0) is 15.1. The first-order valence-corrected chi connectivity index (χ1v) is 6.63. The molecule has 0 atom stereocenters. The molecule has 0 heterocycles. The van der Waals surface area contributed by atoms with Gasteiger partial charge in [-0.3, -0.25) is 4.55 Å². The van der Waals surface area contributed by atoms with Crippen molar-refractivity contribution in [2.45, 2.75) is 19.8 Å². The minimum atomic E-state index is -5.06. The minimum absolute atomic E-state index is 0. The number of hydrogen-bond donors (Lipinski definition) is 1. The molecule has 0 bridgehead atoms. The molecular formula is C10H13BNa2O7S. The van der Waals surface area contributed by atoms with Gasteiger partial charge in [-0.05, 0) is 11.5 Å². The molecule has 0 saturated heterocycles. The van der Waals surface area contributed by atoms with Crippen molar-refractivity contribution in [3.8, 4) is 0 Å². The van der Waals surface area contributed by atoms with Gasteiger partial charge in [0.1, 0.15) is 7.32 Å². The summed E-state index contributed by atoms with van der Waals surface area (Å²) < 4.78 is 30.1. The molecule has 0 spiro atoms. The second kappa shape index (κ2) is 13.1. The first kappa shape index (κ1) is 26.5. The summed E-state index contributed by atoms with van der Waals surface area (Å²) in [7, 11) is -8.11. The van der Waals surface area contributed by atoms with Crippen LogP contribution in [0.3, 0.4) is 0 Å². The maximum Gasteiger partial charge on any atom is 1.00 e. The number of carbonyl (C=O) groups is 1. The molecule has 7 nitrogen and oxygen atoms in total. The van der Waals surface area contributed by atoms with Crippen molar-refractivity contribution in [1.29, 1.82) is 0 Å². The predicted octanol–water partition coefficient (Wildman–Crippen LogP) is -6.47. The fourth-order valence-corrected chi connectivity index (χ4v) is 1.18. The summed E-state index contributed by atoms with van der Waals surface area (Å²) in [6, 6.07) is 10.5. The van der Waals surface area contributed by atoms with Crippen molar-refractivity contribution in [2.24, 2.45) is 0 Å². The molecule has 1 rings (SSSR count). The number of benzene rings is 1. The van der Waals surface area contributed by atoms with E-state index in [2.05, 4.69) is 42.8 Å². The van der Waals surface area contributed by atoms with Crippen molar-refractivity contribution in [1.82, 2.24) is 0 Å². The minimum Gasteiger partial charge on any atom is -0.860 e. The van der Waals surface area contributed by atoms with Gasteiger partial charge in [-0.1, -0.05) is 44.2 Å². The van der Waals surface area contributed by atoms with Crippen LogP contribution >= 0.6 is 0 Å². The topological polar surface area (TPSA) is 127 Å². The SMILES string of the molecule is CC(C)c1ccccc1.O=C(OB([O-])[O-])S(=O)(=O)O.[Na+].[Na+]. The van der Waals surface area contributed by atoms with Crippen molar-refractivity contribution in [2.75, 3.05) is 0 Å². The Labute approximate surface area is 168 Å². The Hall–Kier alpha value is 0.585. The summed E-state index contributed by atoms with van der Waals surface area (Å²) in [6.45, 7) is 4.41. The summed E-state index contributed by atoms with van der Waals surface area (Å²) in [4.78, 5) is 9.81. The van der Waals surface area contributed by atoms with Gasteiger partial charge in [0.25, 0.3) is 0 Å². The van der Waals surface area contributed by atoms with Crippen molar-refractivity contribution < 1.29 is 91.6 Å². The molecular weight excluding hydrogens is 321 g/mol. The standard InChI is InChI=1S/C9H12.CHBO7S.2Na/c1-8(2)9-6-4-3-5-7-9;3-1(9-2(4)5)10(6,7)8;;/h3-8H,1-2H3;(H,6,7,8);;/q;-2;2*+1. The van der Waals surface area contributed by atoms with Gasteiger partial charge < -0.3 is 14.7 Å². The van der Waals surface area contributed by atoms with Crippen LogP contribution in [0.2, 0.25) is 0 Å². The fourth-order valence-electron chi connectivity index (χ4n) is 0.977. The maximum absolute atomic E-state index is 9.81. The quantitative estimate of drug-likeness (QED) is 0.421. The van der Waals surface area contributed by atoms with Gasteiger partial charge in [0.2, 0.25) is 0 Å². The van der Waals surface area contributed by atoms with E-state index in [-0.39, 0.29) is 59.1 Å². The third-order valence-corrected chi connectivity index (χ3v) is 2.39. The van der Waals surface area contributed by atoms with Crippen LogP contribution in [0.25, 0.3) is 0 Å². The largest absolute Gasteiger partial charge is 1.00 e. The van der Waals surface area contributed by atoms with E-state index in [9.17, 15) is 23.3 Å². The molecule has 0 aliphatic rings. The van der Waals surface area contributed by atoms with Gasteiger partial charge in [0, 0.05) is 0 Å². The maximum atomic E-state index is 9.81. The average Bonchev–Trinajstić information content (AvgIpc) is 2.29. The summed E-state index contributed by atoms with van der Waals surface area (Å²) >= 11 is 0. The van der Waals surface area contributed by atoms with Crippen LogP contribution in [0.4, 0.5) is 4.79 Å². The van der Waals surface area contributed by atoms with Crippen molar-refractivity contribution in [3.63, 3.8) is 0 Å². The van der Waals surface area contributed by atoms with Gasteiger partial charge in [0.15, 0.2) is 0 Å². The van der Waals surface area contributed by atoms with E-state index >= 15 is 0 Å². The zero-order valence-electron chi connectivity index (χ0n) is 12.3. The van der Waals surface area contributed by atoms with Crippen LogP contribution < -0.4 is 69.2 Å². The summed E-state index contributed by atoms with van der Waals surface area (Å²) in [5, 5.41) is 16.6. The molecule has 0 aliphatic carbocycles. The Morgan fingerprint density at radius 2 is 1.62 bits per heavy atom. The molecule has 0 radical (unpaired) electrons. The molecule has 0 amide bonds. The number of hydrogen-bond acceptors (Lipinski definition) is 6. The zero-order valence-corrected chi connectivity index (χ0v) is 17.2. The average molecular weight is 334 g/mol. The molecule has 0 unspecified atom stereocenters. The normalized spacial score (nSPS) is 9.43. The first-order valence-electron chi connectivity index (χ1n) is 5.19. The molecule has 0 aliphatic heterocycles. The van der Waals surface area contributed by atoms with Gasteiger partial charge in [-0.15, -0.1) is 0 Å². The Bertz CT molecular complexity index is 493. The van der Waals surface area contributed by atoms with Crippen molar-refractivity contribution >= 4 is 22.7 Å². The molecule has 21 heavy (non-hydrogen) atoms. The van der Waals surface area contributed by atoms with Crippen LogP contribution in [0, 0.1) is 0 Å². The fraction of sp³-hybridized carbons (Fsp3) is 0.300. The van der Waals surface area contributed by atoms with Crippen LogP contribution in [0.1, 0.15) is 25.3 Å². The smallest absolute Gasteiger partial charge is 0.860 e. The van der Waals surface area contributed by atoms with Crippen molar-refractivity contribution in [3.05, 3.63) is 35.9 Å². The van der Waals surface area contributed by atoms with Gasteiger partial charge in [-0.25, -0.2) is 4.79 Å².